The van der Waals surface area contributed by atoms with Gasteiger partial charge in [-0.05, 0) is 36.2 Å². The second-order valence-electron chi connectivity index (χ2n) is 5.85. The molecular formula is C21H17ClFNO. The lowest BCUT2D eigenvalue weighted by molar-refractivity contribution is 0.0939. The summed E-state index contributed by atoms with van der Waals surface area (Å²) in [6, 6.07) is 21.2. The van der Waals surface area contributed by atoms with E-state index >= 15 is 0 Å². The van der Waals surface area contributed by atoms with Crippen molar-refractivity contribution in [2.75, 3.05) is 0 Å². The molecule has 0 aliphatic rings. The van der Waals surface area contributed by atoms with Crippen LogP contribution in [0.5, 0.6) is 0 Å². The van der Waals surface area contributed by atoms with Gasteiger partial charge >= 0.3 is 0 Å². The molecular weight excluding hydrogens is 337 g/mol. The number of amides is 1. The Balaban J connectivity index is 1.95. The number of benzene rings is 3. The zero-order valence-electron chi connectivity index (χ0n) is 13.7. The second kappa shape index (κ2) is 7.49. The fraction of sp³-hybridized carbons (Fsp3) is 0.0952. The molecule has 0 saturated carbocycles. The van der Waals surface area contributed by atoms with E-state index in [1.807, 2.05) is 61.5 Å². The number of aryl methyl sites for hydroxylation is 1. The Bertz CT molecular complexity index is 878. The lowest BCUT2D eigenvalue weighted by atomic mass is 9.97. The first-order valence-corrected chi connectivity index (χ1v) is 8.30. The highest BCUT2D eigenvalue weighted by molar-refractivity contribution is 6.30. The average Bonchev–Trinajstić information content (AvgIpc) is 2.61. The summed E-state index contributed by atoms with van der Waals surface area (Å²) < 4.78 is 14.1. The van der Waals surface area contributed by atoms with Gasteiger partial charge in [-0.1, -0.05) is 71.8 Å². The first-order valence-electron chi connectivity index (χ1n) is 7.92. The van der Waals surface area contributed by atoms with Crippen molar-refractivity contribution >= 4 is 17.5 Å². The van der Waals surface area contributed by atoms with Gasteiger partial charge in [0.05, 0.1) is 11.6 Å². The summed E-state index contributed by atoms with van der Waals surface area (Å²) in [5.41, 5.74) is 2.96. The van der Waals surface area contributed by atoms with Gasteiger partial charge in [-0.25, -0.2) is 4.39 Å². The van der Waals surface area contributed by atoms with Crippen molar-refractivity contribution in [3.05, 3.63) is 106 Å². The monoisotopic (exact) mass is 353 g/mol. The maximum absolute atomic E-state index is 14.1. The van der Waals surface area contributed by atoms with Crippen LogP contribution in [0, 0.1) is 12.7 Å². The molecule has 2 nitrogen and oxygen atoms in total. The van der Waals surface area contributed by atoms with Crippen molar-refractivity contribution < 1.29 is 9.18 Å². The summed E-state index contributed by atoms with van der Waals surface area (Å²) in [6.45, 7) is 2.00. The highest BCUT2D eigenvalue weighted by atomic mass is 35.5. The summed E-state index contributed by atoms with van der Waals surface area (Å²) >= 11 is 5.76. The normalized spacial score (nSPS) is 11.8. The summed E-state index contributed by atoms with van der Waals surface area (Å²) in [5.74, 6) is -1.12. The fourth-order valence-electron chi connectivity index (χ4n) is 2.65. The molecule has 4 heteroatoms. The van der Waals surface area contributed by atoms with E-state index in [4.69, 9.17) is 11.6 Å². The van der Waals surface area contributed by atoms with E-state index in [1.54, 1.807) is 0 Å². The number of rotatable bonds is 4. The Labute approximate surface area is 151 Å². The highest BCUT2D eigenvalue weighted by Gasteiger charge is 2.19. The number of nitrogens with one attached hydrogen (secondary N) is 1. The Morgan fingerprint density at radius 2 is 1.60 bits per heavy atom. The van der Waals surface area contributed by atoms with Crippen LogP contribution in [0.2, 0.25) is 5.02 Å². The molecule has 0 unspecified atom stereocenters. The summed E-state index contributed by atoms with van der Waals surface area (Å²) in [7, 11) is 0. The third-order valence-electron chi connectivity index (χ3n) is 3.99. The SMILES string of the molecule is Cc1ccc([C@@H](NC(=O)c2ccc(Cl)cc2F)c2ccccc2)cc1. The quantitative estimate of drug-likeness (QED) is 0.677. The van der Waals surface area contributed by atoms with Crippen LogP contribution in [-0.2, 0) is 0 Å². The minimum atomic E-state index is -0.638. The number of carbonyl (C=O) groups is 1. The van der Waals surface area contributed by atoms with E-state index in [2.05, 4.69) is 5.32 Å². The third kappa shape index (κ3) is 4.06. The molecule has 3 aromatic rings. The molecule has 1 N–H and O–H groups in total. The molecule has 0 spiro atoms. The molecule has 0 fully saturated rings. The first-order chi connectivity index (χ1) is 12.0. The second-order valence-corrected chi connectivity index (χ2v) is 6.29. The fourth-order valence-corrected chi connectivity index (χ4v) is 2.80. The maximum Gasteiger partial charge on any atom is 0.255 e. The molecule has 0 heterocycles. The van der Waals surface area contributed by atoms with Gasteiger partial charge in [-0.3, -0.25) is 4.79 Å². The molecule has 126 valence electrons. The van der Waals surface area contributed by atoms with Crippen molar-refractivity contribution in [3.8, 4) is 0 Å². The molecule has 1 atom stereocenters. The number of halogens is 2. The zero-order valence-corrected chi connectivity index (χ0v) is 14.4. The van der Waals surface area contributed by atoms with Crippen molar-refractivity contribution in [2.45, 2.75) is 13.0 Å². The zero-order chi connectivity index (χ0) is 17.8. The van der Waals surface area contributed by atoms with Crippen LogP contribution in [0.3, 0.4) is 0 Å². The van der Waals surface area contributed by atoms with Crippen molar-refractivity contribution in [3.63, 3.8) is 0 Å². The Morgan fingerprint density at radius 3 is 2.24 bits per heavy atom. The number of hydrogen-bond acceptors (Lipinski definition) is 1. The Hall–Kier alpha value is -2.65. The number of carbonyl (C=O) groups excluding carboxylic acids is 1. The average molecular weight is 354 g/mol. The van der Waals surface area contributed by atoms with Crippen molar-refractivity contribution in [1.82, 2.24) is 5.32 Å². The standard InChI is InChI=1S/C21H17ClFNO/c1-14-7-9-16(10-8-14)20(15-5-3-2-4-6-15)24-21(25)18-12-11-17(22)13-19(18)23/h2-13,20H,1H3,(H,24,25)/t20-/m0/s1. The van der Waals surface area contributed by atoms with Gasteiger partial charge in [-0.15, -0.1) is 0 Å². The van der Waals surface area contributed by atoms with E-state index in [9.17, 15) is 9.18 Å². The van der Waals surface area contributed by atoms with Crippen LogP contribution in [0.25, 0.3) is 0 Å². The lowest BCUT2D eigenvalue weighted by Gasteiger charge is -2.20. The minimum absolute atomic E-state index is 0.0301. The van der Waals surface area contributed by atoms with Gasteiger partial charge in [0.15, 0.2) is 0 Å². The number of hydrogen-bond donors (Lipinski definition) is 1. The van der Waals surface area contributed by atoms with Gasteiger partial charge in [0.1, 0.15) is 5.82 Å². The van der Waals surface area contributed by atoms with Gasteiger partial charge in [-0.2, -0.15) is 0 Å². The highest BCUT2D eigenvalue weighted by Crippen LogP contribution is 2.24. The van der Waals surface area contributed by atoms with Crippen molar-refractivity contribution in [2.24, 2.45) is 0 Å². The smallest absolute Gasteiger partial charge is 0.255 e. The molecule has 0 bridgehead atoms. The van der Waals surface area contributed by atoms with Crippen LogP contribution in [-0.4, -0.2) is 5.91 Å². The van der Waals surface area contributed by atoms with Crippen LogP contribution in [0.1, 0.15) is 33.1 Å². The van der Waals surface area contributed by atoms with E-state index in [0.29, 0.717) is 0 Å². The molecule has 0 aliphatic heterocycles. The van der Waals surface area contributed by atoms with Gasteiger partial charge < -0.3 is 5.32 Å². The molecule has 3 rings (SSSR count). The van der Waals surface area contributed by atoms with E-state index in [1.165, 1.54) is 12.1 Å². The van der Waals surface area contributed by atoms with E-state index in [-0.39, 0.29) is 16.6 Å². The predicted molar refractivity (Wildman–Crippen MR) is 98.3 cm³/mol. The Morgan fingerprint density at radius 1 is 0.960 bits per heavy atom. The maximum atomic E-state index is 14.1. The van der Waals surface area contributed by atoms with Crippen LogP contribution >= 0.6 is 11.6 Å². The van der Waals surface area contributed by atoms with Crippen molar-refractivity contribution in [1.29, 1.82) is 0 Å². The first kappa shape index (κ1) is 17.2. The summed E-state index contributed by atoms with van der Waals surface area (Å²) in [4.78, 5) is 12.6. The molecule has 0 aromatic heterocycles. The summed E-state index contributed by atoms with van der Waals surface area (Å²) in [5, 5.41) is 3.18. The molecule has 1 amide bonds. The van der Waals surface area contributed by atoms with Crippen LogP contribution in [0.15, 0.2) is 72.8 Å². The Kier molecular flexibility index (Phi) is 5.15. The summed E-state index contributed by atoms with van der Waals surface area (Å²) in [6.07, 6.45) is 0. The molecule has 25 heavy (non-hydrogen) atoms. The van der Waals surface area contributed by atoms with E-state index < -0.39 is 11.7 Å². The van der Waals surface area contributed by atoms with Gasteiger partial charge in [0.25, 0.3) is 5.91 Å². The molecule has 0 aliphatic carbocycles. The third-order valence-corrected chi connectivity index (χ3v) is 4.23. The molecule has 0 saturated heterocycles. The van der Waals surface area contributed by atoms with E-state index in [0.717, 1.165) is 22.8 Å². The van der Waals surface area contributed by atoms with Crippen LogP contribution in [0.4, 0.5) is 4.39 Å². The topological polar surface area (TPSA) is 29.1 Å². The largest absolute Gasteiger partial charge is 0.341 e. The molecule has 0 radical (unpaired) electrons. The van der Waals surface area contributed by atoms with Gasteiger partial charge in [0, 0.05) is 5.02 Å². The van der Waals surface area contributed by atoms with Crippen LogP contribution < -0.4 is 5.32 Å². The molecule has 3 aromatic carbocycles. The minimum Gasteiger partial charge on any atom is -0.341 e. The predicted octanol–water partition coefficient (Wildman–Crippen LogP) is 5.31. The lowest BCUT2D eigenvalue weighted by Crippen LogP contribution is -2.30. The van der Waals surface area contributed by atoms with Gasteiger partial charge in [0.2, 0.25) is 0 Å².